The third-order valence-corrected chi connectivity index (χ3v) is 7.21. The lowest BCUT2D eigenvalue weighted by Gasteiger charge is -2.30. The van der Waals surface area contributed by atoms with Gasteiger partial charge in [-0.25, -0.2) is 8.42 Å². The Balaban J connectivity index is 2.49. The molecule has 1 aromatic carbocycles. The molecule has 1 aromatic rings. The number of anilines is 1. The van der Waals surface area contributed by atoms with Crippen LogP contribution in [0.3, 0.4) is 0 Å². The quantitative estimate of drug-likeness (QED) is 0.197. The van der Waals surface area contributed by atoms with Gasteiger partial charge in [0.1, 0.15) is 4.90 Å². The first-order chi connectivity index (χ1) is 14.8. The van der Waals surface area contributed by atoms with Gasteiger partial charge in [-0.3, -0.25) is 15.0 Å². The Morgan fingerprint density at radius 3 is 2.55 bits per heavy atom. The van der Waals surface area contributed by atoms with Crippen molar-refractivity contribution in [1.82, 2.24) is 9.21 Å². The normalized spacial score (nSPS) is 15.1. The summed E-state index contributed by atoms with van der Waals surface area (Å²) in [6.45, 7) is 3.58. The van der Waals surface area contributed by atoms with Gasteiger partial charge in [0.05, 0.1) is 36.0 Å². The number of aliphatic hydroxyl groups excluding tert-OH is 1. The van der Waals surface area contributed by atoms with Crippen LogP contribution in [-0.4, -0.2) is 99.1 Å². The number of terminal acetylenes is 1. The van der Waals surface area contributed by atoms with Gasteiger partial charge in [0.25, 0.3) is 5.69 Å². The Kier molecular flexibility index (Phi) is 9.67. The van der Waals surface area contributed by atoms with Crippen molar-refractivity contribution in [2.45, 2.75) is 4.90 Å². The van der Waals surface area contributed by atoms with E-state index in [0.717, 1.165) is 6.07 Å². The third-order valence-electron chi connectivity index (χ3n) is 4.99. The molecule has 0 unspecified atom stereocenters. The molecular weight excluding hydrogens is 492 g/mol. The van der Waals surface area contributed by atoms with E-state index in [9.17, 15) is 23.6 Å². The Hall–Kier alpha value is -1.75. The number of halogens is 1. The van der Waals surface area contributed by atoms with Crippen LogP contribution in [0.2, 0.25) is 0 Å². The number of ether oxygens (including phenoxy) is 1. The molecule has 0 aromatic heterocycles. The number of aliphatic hydroxyl groups is 1. The number of nitro benzene ring substituents is 1. The second-order valence-corrected chi connectivity index (χ2v) is 9.73. The summed E-state index contributed by atoms with van der Waals surface area (Å²) in [6.07, 6.45) is 5.59. The number of alkyl halides is 1. The van der Waals surface area contributed by atoms with Crippen molar-refractivity contribution >= 4 is 37.3 Å². The fourth-order valence-corrected chi connectivity index (χ4v) is 5.12. The van der Waals surface area contributed by atoms with E-state index in [1.807, 2.05) is 0 Å². The Morgan fingerprint density at radius 2 is 2.00 bits per heavy atom. The van der Waals surface area contributed by atoms with Crippen LogP contribution >= 0.6 is 15.9 Å². The van der Waals surface area contributed by atoms with Gasteiger partial charge in [0.15, 0.2) is 0 Å². The third kappa shape index (κ3) is 6.38. The summed E-state index contributed by atoms with van der Waals surface area (Å²) in [4.78, 5) is 14.2. The summed E-state index contributed by atoms with van der Waals surface area (Å²) < 4.78 is 33.4. The first kappa shape index (κ1) is 25.5. The predicted octanol–water partition coefficient (Wildman–Crippen LogP) is 0.722. The molecule has 2 rings (SSSR count). The number of morpholine rings is 1. The topological polar surface area (TPSA) is 116 Å². The lowest BCUT2D eigenvalue weighted by atomic mass is 10.1. The second kappa shape index (κ2) is 11.8. The van der Waals surface area contributed by atoms with Crippen molar-refractivity contribution in [1.29, 1.82) is 0 Å². The summed E-state index contributed by atoms with van der Waals surface area (Å²) >= 11 is 3.32. The molecule has 1 fully saturated rings. The van der Waals surface area contributed by atoms with Crippen molar-refractivity contribution in [2.24, 2.45) is 0 Å². The van der Waals surface area contributed by atoms with Crippen LogP contribution in [0.25, 0.3) is 0 Å². The molecule has 12 heteroatoms. The van der Waals surface area contributed by atoms with Gasteiger partial charge in [0, 0.05) is 63.8 Å². The number of nitrogens with zero attached hydrogens (tertiary/aromatic N) is 4. The molecule has 31 heavy (non-hydrogen) atoms. The van der Waals surface area contributed by atoms with Crippen LogP contribution in [-0.2, 0) is 14.8 Å². The molecule has 0 aliphatic carbocycles. The molecular formula is C19H27BrN4O6S. The summed E-state index contributed by atoms with van der Waals surface area (Å²) in [7, 11) is -2.66. The standard InChI is InChI=1S/C19H27BrN4O6S/c1-3-16-14-17(24(26)27)15-18(19(16)23(5-4-20)8-11-25)31(28,29)21(2)6-7-22-9-12-30-13-10-22/h1,14-15,25H,4-13H2,2H3. The summed E-state index contributed by atoms with van der Waals surface area (Å²) in [5.74, 6) is 2.38. The largest absolute Gasteiger partial charge is 0.395 e. The maximum Gasteiger partial charge on any atom is 0.272 e. The highest BCUT2D eigenvalue weighted by atomic mass is 79.9. The van der Waals surface area contributed by atoms with Crippen molar-refractivity contribution in [3.05, 3.63) is 27.8 Å². The molecule has 0 amide bonds. The van der Waals surface area contributed by atoms with Gasteiger partial charge in [-0.2, -0.15) is 4.31 Å². The van der Waals surface area contributed by atoms with Gasteiger partial charge >= 0.3 is 0 Å². The number of rotatable bonds is 11. The monoisotopic (exact) mass is 518 g/mol. The van der Waals surface area contributed by atoms with Gasteiger partial charge in [-0.1, -0.05) is 21.9 Å². The highest BCUT2D eigenvalue weighted by Gasteiger charge is 2.31. The maximum absolute atomic E-state index is 13.5. The first-order valence-electron chi connectivity index (χ1n) is 9.73. The maximum atomic E-state index is 13.5. The zero-order chi connectivity index (χ0) is 23.0. The summed E-state index contributed by atoms with van der Waals surface area (Å²) in [5, 5.41) is 21.4. The van der Waals surface area contributed by atoms with E-state index in [-0.39, 0.29) is 35.8 Å². The number of hydrogen-bond donors (Lipinski definition) is 1. The average Bonchev–Trinajstić information content (AvgIpc) is 2.76. The van der Waals surface area contributed by atoms with Crippen LogP contribution in [0, 0.1) is 22.5 Å². The van der Waals surface area contributed by atoms with Crippen LogP contribution in [0.1, 0.15) is 5.56 Å². The molecule has 1 aliphatic heterocycles. The molecule has 1 heterocycles. The van der Waals surface area contributed by atoms with Crippen molar-refractivity contribution in [2.75, 3.05) is 76.4 Å². The fourth-order valence-electron chi connectivity index (χ4n) is 3.28. The van der Waals surface area contributed by atoms with E-state index in [4.69, 9.17) is 11.2 Å². The van der Waals surface area contributed by atoms with E-state index in [2.05, 4.69) is 26.8 Å². The van der Waals surface area contributed by atoms with E-state index in [0.29, 0.717) is 44.7 Å². The minimum absolute atomic E-state index is 0.0868. The predicted molar refractivity (Wildman–Crippen MR) is 121 cm³/mol. The van der Waals surface area contributed by atoms with Crippen molar-refractivity contribution < 1.29 is 23.2 Å². The minimum atomic E-state index is -4.10. The smallest absolute Gasteiger partial charge is 0.272 e. The molecule has 0 atom stereocenters. The molecule has 172 valence electrons. The fraction of sp³-hybridized carbons (Fsp3) is 0.579. The number of nitro groups is 1. The van der Waals surface area contributed by atoms with Gasteiger partial charge in [-0.15, -0.1) is 6.42 Å². The van der Waals surface area contributed by atoms with Crippen molar-refractivity contribution in [3.63, 3.8) is 0 Å². The SMILES string of the molecule is C#Cc1cc([N+](=O)[O-])cc(S(=O)(=O)N(C)CCN2CCOCC2)c1N(CCO)CCBr. The van der Waals surface area contributed by atoms with Crippen LogP contribution in [0.4, 0.5) is 11.4 Å². The second-order valence-electron chi connectivity index (χ2n) is 6.92. The molecule has 0 radical (unpaired) electrons. The highest BCUT2D eigenvalue weighted by molar-refractivity contribution is 9.09. The summed E-state index contributed by atoms with van der Waals surface area (Å²) in [5.41, 5.74) is -0.136. The van der Waals surface area contributed by atoms with E-state index in [1.54, 1.807) is 4.90 Å². The molecule has 1 aliphatic rings. The molecule has 1 saturated heterocycles. The summed E-state index contributed by atoms with van der Waals surface area (Å²) in [6, 6.07) is 2.22. The molecule has 0 spiro atoms. The number of sulfonamides is 1. The number of non-ortho nitro benzene ring substituents is 1. The highest BCUT2D eigenvalue weighted by Crippen LogP contribution is 2.35. The molecule has 1 N–H and O–H groups in total. The number of hydrogen-bond acceptors (Lipinski definition) is 8. The Bertz CT molecular complexity index is 909. The Morgan fingerprint density at radius 1 is 1.32 bits per heavy atom. The van der Waals surface area contributed by atoms with E-state index >= 15 is 0 Å². The zero-order valence-electron chi connectivity index (χ0n) is 17.4. The number of benzene rings is 1. The van der Waals surface area contributed by atoms with Crippen LogP contribution in [0.5, 0.6) is 0 Å². The van der Waals surface area contributed by atoms with Crippen LogP contribution in [0.15, 0.2) is 17.0 Å². The van der Waals surface area contributed by atoms with Crippen molar-refractivity contribution in [3.8, 4) is 12.3 Å². The van der Waals surface area contributed by atoms with Gasteiger partial charge in [-0.05, 0) is 0 Å². The van der Waals surface area contributed by atoms with E-state index in [1.165, 1.54) is 17.4 Å². The Labute approximate surface area is 191 Å². The lowest BCUT2D eigenvalue weighted by Crippen LogP contribution is -2.42. The minimum Gasteiger partial charge on any atom is -0.395 e. The van der Waals surface area contributed by atoms with Gasteiger partial charge in [0.2, 0.25) is 10.0 Å². The lowest BCUT2D eigenvalue weighted by molar-refractivity contribution is -0.385. The molecule has 0 saturated carbocycles. The first-order valence-corrected chi connectivity index (χ1v) is 12.3. The van der Waals surface area contributed by atoms with E-state index < -0.39 is 20.6 Å². The average molecular weight is 519 g/mol. The van der Waals surface area contributed by atoms with Crippen LogP contribution < -0.4 is 4.90 Å². The zero-order valence-corrected chi connectivity index (χ0v) is 19.8. The molecule has 0 bridgehead atoms. The molecule has 10 nitrogen and oxygen atoms in total. The number of likely N-dealkylation sites (N-methyl/N-ethyl adjacent to an activating group) is 1. The van der Waals surface area contributed by atoms with Gasteiger partial charge < -0.3 is 14.7 Å².